The Balaban J connectivity index is 2.86. The summed E-state index contributed by atoms with van der Waals surface area (Å²) < 4.78 is 4.82. The lowest BCUT2D eigenvalue weighted by molar-refractivity contribution is 0.456. The second-order valence-corrected chi connectivity index (χ2v) is 2.26. The molecule has 0 bridgehead atoms. The van der Waals surface area contributed by atoms with Crippen molar-refractivity contribution in [1.29, 1.82) is 0 Å². The summed E-state index contributed by atoms with van der Waals surface area (Å²) in [6.45, 7) is 0. The molecule has 0 aliphatic rings. The van der Waals surface area contributed by atoms with Crippen LogP contribution in [0.25, 0.3) is 11.0 Å². The van der Waals surface area contributed by atoms with Crippen LogP contribution in [0.2, 0.25) is 5.15 Å². The predicted molar refractivity (Wildman–Crippen MR) is 36.8 cm³/mol. The highest BCUT2D eigenvalue weighted by atomic mass is 35.5. The van der Waals surface area contributed by atoms with E-state index in [4.69, 9.17) is 16.1 Å². The Morgan fingerprint density at radius 2 is 2.30 bits per heavy atom. The lowest BCUT2D eigenvalue weighted by Gasteiger charge is -1.84. The topological polar surface area (TPSA) is 38.9 Å². The zero-order valence-corrected chi connectivity index (χ0v) is 5.67. The molecule has 0 aliphatic carbocycles. The molecule has 0 amide bonds. The van der Waals surface area contributed by atoms with Crippen LogP contribution >= 0.6 is 11.6 Å². The van der Waals surface area contributed by atoms with Gasteiger partial charge in [-0.05, 0) is 0 Å². The van der Waals surface area contributed by atoms with Crippen LogP contribution in [-0.4, -0.2) is 10.1 Å². The van der Waals surface area contributed by atoms with Crippen molar-refractivity contribution in [3.8, 4) is 0 Å². The van der Waals surface area contributed by atoms with E-state index in [-0.39, 0.29) is 0 Å². The minimum absolute atomic E-state index is 0.421. The molecule has 50 valence electrons. The van der Waals surface area contributed by atoms with Gasteiger partial charge in [-0.1, -0.05) is 16.8 Å². The summed E-state index contributed by atoms with van der Waals surface area (Å²) in [5, 5.41) is 4.85. The number of rotatable bonds is 0. The molecular weight excluding hydrogens is 152 g/mol. The van der Waals surface area contributed by atoms with E-state index in [0.717, 1.165) is 5.39 Å². The number of pyridine rings is 1. The van der Waals surface area contributed by atoms with E-state index in [2.05, 4.69) is 10.1 Å². The summed E-state index contributed by atoms with van der Waals surface area (Å²) in [6, 6.07) is 1.63. The van der Waals surface area contributed by atoms with E-state index in [1.165, 1.54) is 0 Å². The highest BCUT2D eigenvalue weighted by Crippen LogP contribution is 2.14. The van der Waals surface area contributed by atoms with Crippen molar-refractivity contribution in [2.45, 2.75) is 0 Å². The van der Waals surface area contributed by atoms with Crippen molar-refractivity contribution in [2.75, 3.05) is 0 Å². The summed E-state index contributed by atoms with van der Waals surface area (Å²) in [4.78, 5) is 3.84. The van der Waals surface area contributed by atoms with E-state index in [1.807, 2.05) is 0 Å². The molecule has 3 nitrogen and oxygen atoms in total. The SMILES string of the molecule is Clc1cc2oncc2cn1. The normalized spacial score (nSPS) is 10.5. The van der Waals surface area contributed by atoms with E-state index in [0.29, 0.717) is 10.7 Å². The van der Waals surface area contributed by atoms with Gasteiger partial charge in [-0.15, -0.1) is 0 Å². The van der Waals surface area contributed by atoms with Crippen LogP contribution in [-0.2, 0) is 0 Å². The zero-order valence-electron chi connectivity index (χ0n) is 4.91. The maximum absolute atomic E-state index is 5.58. The highest BCUT2D eigenvalue weighted by molar-refractivity contribution is 6.29. The largest absolute Gasteiger partial charge is 0.356 e. The Labute approximate surface area is 61.6 Å². The van der Waals surface area contributed by atoms with Crippen molar-refractivity contribution in [3.63, 3.8) is 0 Å². The standard InChI is InChI=1S/C6H3ClN2O/c7-6-1-5-4(2-8-6)3-9-10-5/h1-3H. The molecule has 0 saturated heterocycles. The molecule has 0 atom stereocenters. The minimum atomic E-state index is 0.421. The highest BCUT2D eigenvalue weighted by Gasteiger charge is 1.97. The molecule has 0 fully saturated rings. The second kappa shape index (κ2) is 1.95. The van der Waals surface area contributed by atoms with Crippen LogP contribution in [0.5, 0.6) is 0 Å². The van der Waals surface area contributed by atoms with Gasteiger partial charge in [-0.2, -0.15) is 0 Å². The Morgan fingerprint density at radius 1 is 1.40 bits per heavy atom. The smallest absolute Gasteiger partial charge is 0.171 e. The summed E-state index contributed by atoms with van der Waals surface area (Å²) in [5.41, 5.74) is 0.667. The molecule has 10 heavy (non-hydrogen) atoms. The average molecular weight is 155 g/mol. The molecule has 0 aromatic carbocycles. The lowest BCUT2D eigenvalue weighted by atomic mass is 10.4. The van der Waals surface area contributed by atoms with Crippen LogP contribution in [0.3, 0.4) is 0 Å². The van der Waals surface area contributed by atoms with E-state index >= 15 is 0 Å². The fourth-order valence-corrected chi connectivity index (χ4v) is 0.887. The monoisotopic (exact) mass is 154 g/mol. The molecule has 0 saturated carbocycles. The molecule has 0 radical (unpaired) electrons. The van der Waals surface area contributed by atoms with Gasteiger partial charge in [-0.3, -0.25) is 0 Å². The summed E-state index contributed by atoms with van der Waals surface area (Å²) in [5.74, 6) is 0. The first-order valence-electron chi connectivity index (χ1n) is 2.72. The average Bonchev–Trinajstić information content (AvgIpc) is 2.33. The maximum atomic E-state index is 5.58. The van der Waals surface area contributed by atoms with Crippen molar-refractivity contribution < 1.29 is 4.52 Å². The summed E-state index contributed by atoms with van der Waals surface area (Å²) in [7, 11) is 0. The molecule has 0 N–H and O–H groups in total. The summed E-state index contributed by atoms with van der Waals surface area (Å²) in [6.07, 6.45) is 3.22. The van der Waals surface area contributed by atoms with Crippen molar-refractivity contribution >= 4 is 22.6 Å². The van der Waals surface area contributed by atoms with Crippen LogP contribution < -0.4 is 0 Å². The van der Waals surface area contributed by atoms with Crippen LogP contribution in [0.4, 0.5) is 0 Å². The van der Waals surface area contributed by atoms with Crippen molar-refractivity contribution in [1.82, 2.24) is 10.1 Å². The van der Waals surface area contributed by atoms with E-state index in [1.54, 1.807) is 18.5 Å². The van der Waals surface area contributed by atoms with Gasteiger partial charge >= 0.3 is 0 Å². The molecule has 2 aromatic heterocycles. The maximum Gasteiger partial charge on any atom is 0.171 e. The molecule has 0 unspecified atom stereocenters. The number of hydrogen-bond acceptors (Lipinski definition) is 3. The van der Waals surface area contributed by atoms with Gasteiger partial charge in [0.15, 0.2) is 5.58 Å². The predicted octanol–water partition coefficient (Wildman–Crippen LogP) is 1.88. The van der Waals surface area contributed by atoms with Gasteiger partial charge < -0.3 is 4.52 Å². The molecule has 2 rings (SSSR count). The molecule has 4 heteroatoms. The van der Waals surface area contributed by atoms with Gasteiger partial charge in [0.05, 0.1) is 11.6 Å². The Kier molecular flexibility index (Phi) is 1.11. The lowest BCUT2D eigenvalue weighted by Crippen LogP contribution is -1.70. The van der Waals surface area contributed by atoms with Crippen LogP contribution in [0.15, 0.2) is 23.0 Å². The first kappa shape index (κ1) is 5.68. The first-order valence-corrected chi connectivity index (χ1v) is 3.10. The number of halogens is 1. The van der Waals surface area contributed by atoms with Gasteiger partial charge in [-0.25, -0.2) is 4.98 Å². The fraction of sp³-hybridized carbons (Fsp3) is 0. The molecule has 0 aliphatic heterocycles. The van der Waals surface area contributed by atoms with Gasteiger partial charge in [0.25, 0.3) is 0 Å². The van der Waals surface area contributed by atoms with Gasteiger partial charge in [0.2, 0.25) is 0 Å². The molecular formula is C6H3ClN2O. The molecule has 2 aromatic rings. The van der Waals surface area contributed by atoms with Crippen molar-refractivity contribution in [2.24, 2.45) is 0 Å². The molecule has 2 heterocycles. The van der Waals surface area contributed by atoms with Crippen LogP contribution in [0, 0.1) is 0 Å². The van der Waals surface area contributed by atoms with Crippen molar-refractivity contribution in [3.05, 3.63) is 23.6 Å². The van der Waals surface area contributed by atoms with Crippen LogP contribution in [0.1, 0.15) is 0 Å². The first-order chi connectivity index (χ1) is 4.86. The van der Waals surface area contributed by atoms with E-state index < -0.39 is 0 Å². The van der Waals surface area contributed by atoms with E-state index in [9.17, 15) is 0 Å². The number of nitrogens with zero attached hydrogens (tertiary/aromatic N) is 2. The third-order valence-electron chi connectivity index (χ3n) is 1.20. The Bertz CT molecular complexity index is 357. The fourth-order valence-electron chi connectivity index (χ4n) is 0.740. The number of hydrogen-bond donors (Lipinski definition) is 0. The minimum Gasteiger partial charge on any atom is -0.356 e. The van der Waals surface area contributed by atoms with Gasteiger partial charge in [0, 0.05) is 12.3 Å². The molecule has 0 spiro atoms. The zero-order chi connectivity index (χ0) is 6.97. The second-order valence-electron chi connectivity index (χ2n) is 1.87. The third kappa shape index (κ3) is 0.752. The number of aromatic nitrogens is 2. The Morgan fingerprint density at radius 3 is 3.20 bits per heavy atom. The Hall–Kier alpha value is -1.09. The quantitative estimate of drug-likeness (QED) is 0.544. The number of fused-ring (bicyclic) bond motifs is 1. The van der Waals surface area contributed by atoms with Gasteiger partial charge in [0.1, 0.15) is 5.15 Å². The third-order valence-corrected chi connectivity index (χ3v) is 1.41. The summed E-state index contributed by atoms with van der Waals surface area (Å²) >= 11 is 5.58.